The molecule has 16 heavy (non-hydrogen) atoms. The van der Waals surface area contributed by atoms with E-state index in [1.807, 2.05) is 18.7 Å². The third-order valence-electron chi connectivity index (χ3n) is 2.76. The second-order valence-electron chi connectivity index (χ2n) is 4.59. The summed E-state index contributed by atoms with van der Waals surface area (Å²) in [7, 11) is 0. The molecule has 1 fully saturated rings. The molecule has 0 saturated carbocycles. The summed E-state index contributed by atoms with van der Waals surface area (Å²) in [5.74, 6) is -0.297. The number of carbonyl (C=O) groups is 1. The van der Waals surface area contributed by atoms with Crippen LogP contribution >= 0.6 is 0 Å². The molecule has 5 nitrogen and oxygen atoms in total. The molecule has 0 bridgehead atoms. The molecule has 1 aliphatic rings. The van der Waals surface area contributed by atoms with Crippen LogP contribution in [0.4, 0.5) is 0 Å². The molecule has 1 heterocycles. The van der Waals surface area contributed by atoms with Crippen LogP contribution < -0.4 is 5.73 Å². The van der Waals surface area contributed by atoms with E-state index in [9.17, 15) is 9.90 Å². The lowest BCUT2D eigenvalue weighted by atomic mass is 10.2. The average Bonchev–Trinajstić information content (AvgIpc) is 2.62. The molecular weight excluding hydrogens is 208 g/mol. The van der Waals surface area contributed by atoms with Crippen molar-refractivity contribution in [3.05, 3.63) is 0 Å². The minimum absolute atomic E-state index is 0.111. The van der Waals surface area contributed by atoms with Crippen LogP contribution in [0, 0.1) is 0 Å². The van der Waals surface area contributed by atoms with Gasteiger partial charge in [-0.15, -0.1) is 0 Å². The first-order valence-electron chi connectivity index (χ1n) is 5.83. The number of nitrogens with two attached hydrogens (primary N) is 1. The highest BCUT2D eigenvalue weighted by Crippen LogP contribution is 2.16. The summed E-state index contributed by atoms with van der Waals surface area (Å²) in [4.78, 5) is 13.1. The van der Waals surface area contributed by atoms with Gasteiger partial charge in [-0.2, -0.15) is 0 Å². The Balaban J connectivity index is 2.32. The molecule has 0 aromatic heterocycles. The van der Waals surface area contributed by atoms with Crippen molar-refractivity contribution in [2.24, 2.45) is 5.73 Å². The van der Waals surface area contributed by atoms with Crippen LogP contribution in [-0.2, 0) is 9.53 Å². The summed E-state index contributed by atoms with van der Waals surface area (Å²) in [5, 5.41) is 9.74. The SMILES string of the molecule is CC(C)OCC(O)CN1CCCC1C(N)=O. The Morgan fingerprint density at radius 2 is 2.31 bits per heavy atom. The van der Waals surface area contributed by atoms with Gasteiger partial charge in [0.1, 0.15) is 0 Å². The van der Waals surface area contributed by atoms with Crippen molar-refractivity contribution in [1.29, 1.82) is 0 Å². The number of rotatable bonds is 6. The van der Waals surface area contributed by atoms with Crippen LogP contribution in [0.25, 0.3) is 0 Å². The molecule has 0 aromatic rings. The van der Waals surface area contributed by atoms with E-state index in [0.717, 1.165) is 19.4 Å². The third-order valence-corrected chi connectivity index (χ3v) is 2.76. The maximum absolute atomic E-state index is 11.1. The van der Waals surface area contributed by atoms with Gasteiger partial charge in [0.15, 0.2) is 0 Å². The van der Waals surface area contributed by atoms with Crippen LogP contribution in [-0.4, -0.2) is 53.9 Å². The number of nitrogens with zero attached hydrogens (tertiary/aromatic N) is 1. The van der Waals surface area contributed by atoms with E-state index in [0.29, 0.717) is 13.2 Å². The monoisotopic (exact) mass is 230 g/mol. The standard InChI is InChI=1S/C11H22N2O3/c1-8(2)16-7-9(14)6-13-5-3-4-10(13)11(12)15/h8-10,14H,3-7H2,1-2H3,(H2,12,15). The summed E-state index contributed by atoms with van der Waals surface area (Å²) in [5.41, 5.74) is 5.29. The van der Waals surface area contributed by atoms with Crippen molar-refractivity contribution in [1.82, 2.24) is 4.90 Å². The molecule has 0 aliphatic carbocycles. The Bertz CT molecular complexity index is 233. The smallest absolute Gasteiger partial charge is 0.234 e. The predicted molar refractivity (Wildman–Crippen MR) is 60.9 cm³/mol. The second kappa shape index (κ2) is 6.18. The second-order valence-corrected chi connectivity index (χ2v) is 4.59. The minimum atomic E-state index is -0.553. The van der Waals surface area contributed by atoms with Crippen molar-refractivity contribution in [2.45, 2.75) is 44.9 Å². The lowest BCUT2D eigenvalue weighted by Gasteiger charge is -2.24. The van der Waals surface area contributed by atoms with Crippen LogP contribution in [0.5, 0.6) is 0 Å². The number of β-amino-alcohol motifs (C(OH)–C–C–N with tert-alkyl or cyclic N) is 1. The first kappa shape index (κ1) is 13.4. The molecule has 1 rings (SSSR count). The zero-order valence-electron chi connectivity index (χ0n) is 10.1. The zero-order valence-corrected chi connectivity index (χ0v) is 10.1. The summed E-state index contributed by atoms with van der Waals surface area (Å²) in [6.07, 6.45) is 1.32. The average molecular weight is 230 g/mol. The van der Waals surface area contributed by atoms with Crippen molar-refractivity contribution in [2.75, 3.05) is 19.7 Å². The van der Waals surface area contributed by atoms with E-state index >= 15 is 0 Å². The molecule has 3 N–H and O–H groups in total. The number of carbonyl (C=O) groups excluding carboxylic acids is 1. The van der Waals surface area contributed by atoms with E-state index in [1.165, 1.54) is 0 Å². The number of aliphatic hydroxyl groups excluding tert-OH is 1. The number of ether oxygens (including phenoxy) is 1. The molecule has 0 aromatic carbocycles. The van der Waals surface area contributed by atoms with Gasteiger partial charge in [-0.25, -0.2) is 0 Å². The molecular formula is C11H22N2O3. The maximum atomic E-state index is 11.1. The lowest BCUT2D eigenvalue weighted by Crippen LogP contribution is -2.44. The van der Waals surface area contributed by atoms with Crippen LogP contribution in [0.1, 0.15) is 26.7 Å². The molecule has 1 amide bonds. The summed E-state index contributed by atoms with van der Waals surface area (Å²) in [6.45, 7) is 5.44. The van der Waals surface area contributed by atoms with Crippen LogP contribution in [0.3, 0.4) is 0 Å². The Hall–Kier alpha value is -0.650. The third kappa shape index (κ3) is 4.08. The number of likely N-dealkylation sites (tertiary alicyclic amines) is 1. The van der Waals surface area contributed by atoms with E-state index in [2.05, 4.69) is 0 Å². The van der Waals surface area contributed by atoms with Crippen LogP contribution in [0.2, 0.25) is 0 Å². The van der Waals surface area contributed by atoms with Gasteiger partial charge in [0, 0.05) is 6.54 Å². The van der Waals surface area contributed by atoms with Gasteiger partial charge in [-0.3, -0.25) is 9.69 Å². The topological polar surface area (TPSA) is 75.8 Å². The summed E-state index contributed by atoms with van der Waals surface area (Å²) in [6, 6.07) is -0.214. The number of amides is 1. The van der Waals surface area contributed by atoms with Gasteiger partial charge in [-0.1, -0.05) is 0 Å². The number of primary amides is 1. The fourth-order valence-electron chi connectivity index (χ4n) is 1.99. The summed E-state index contributed by atoms with van der Waals surface area (Å²) < 4.78 is 5.32. The Morgan fingerprint density at radius 3 is 2.88 bits per heavy atom. The largest absolute Gasteiger partial charge is 0.389 e. The molecule has 2 unspecified atom stereocenters. The minimum Gasteiger partial charge on any atom is -0.389 e. The number of hydrogen-bond acceptors (Lipinski definition) is 4. The Labute approximate surface area is 96.6 Å². The molecule has 1 aliphatic heterocycles. The number of aliphatic hydroxyl groups is 1. The van der Waals surface area contributed by atoms with Gasteiger partial charge in [0.2, 0.25) is 5.91 Å². The highest BCUT2D eigenvalue weighted by Gasteiger charge is 2.30. The Morgan fingerprint density at radius 1 is 1.62 bits per heavy atom. The molecule has 1 saturated heterocycles. The van der Waals surface area contributed by atoms with Gasteiger partial charge < -0.3 is 15.6 Å². The molecule has 0 radical (unpaired) electrons. The highest BCUT2D eigenvalue weighted by atomic mass is 16.5. The van der Waals surface area contributed by atoms with Crippen molar-refractivity contribution in [3.8, 4) is 0 Å². The number of hydrogen-bond donors (Lipinski definition) is 2. The fraction of sp³-hybridized carbons (Fsp3) is 0.909. The van der Waals surface area contributed by atoms with Crippen LogP contribution in [0.15, 0.2) is 0 Å². The van der Waals surface area contributed by atoms with E-state index in [4.69, 9.17) is 10.5 Å². The van der Waals surface area contributed by atoms with Crippen molar-refractivity contribution in [3.63, 3.8) is 0 Å². The zero-order chi connectivity index (χ0) is 12.1. The Kier molecular flexibility index (Phi) is 5.18. The predicted octanol–water partition coefficient (Wildman–Crippen LogP) is -0.278. The quantitative estimate of drug-likeness (QED) is 0.658. The van der Waals surface area contributed by atoms with Gasteiger partial charge >= 0.3 is 0 Å². The van der Waals surface area contributed by atoms with E-state index in [1.54, 1.807) is 0 Å². The molecule has 5 heteroatoms. The molecule has 94 valence electrons. The first-order valence-corrected chi connectivity index (χ1v) is 5.83. The summed E-state index contributed by atoms with van der Waals surface area (Å²) >= 11 is 0. The van der Waals surface area contributed by atoms with Crippen molar-refractivity contribution < 1.29 is 14.6 Å². The van der Waals surface area contributed by atoms with E-state index in [-0.39, 0.29) is 18.1 Å². The highest BCUT2D eigenvalue weighted by molar-refractivity contribution is 5.80. The maximum Gasteiger partial charge on any atom is 0.234 e. The first-order chi connectivity index (χ1) is 7.50. The lowest BCUT2D eigenvalue weighted by molar-refractivity contribution is -0.122. The van der Waals surface area contributed by atoms with Gasteiger partial charge in [0.05, 0.1) is 24.9 Å². The van der Waals surface area contributed by atoms with Gasteiger partial charge in [0.25, 0.3) is 0 Å². The molecule has 0 spiro atoms. The normalized spacial score (nSPS) is 23.9. The molecule has 2 atom stereocenters. The van der Waals surface area contributed by atoms with E-state index < -0.39 is 6.10 Å². The van der Waals surface area contributed by atoms with Crippen molar-refractivity contribution >= 4 is 5.91 Å². The fourth-order valence-corrected chi connectivity index (χ4v) is 1.99. The van der Waals surface area contributed by atoms with Gasteiger partial charge in [-0.05, 0) is 33.2 Å².